The van der Waals surface area contributed by atoms with Gasteiger partial charge in [-0.1, -0.05) is 25.9 Å². The topological polar surface area (TPSA) is 78.7 Å². The van der Waals surface area contributed by atoms with E-state index in [1.807, 2.05) is 20.8 Å². The molecule has 2 amide bonds. The van der Waals surface area contributed by atoms with Crippen molar-refractivity contribution in [2.45, 2.75) is 63.8 Å². The Hall–Kier alpha value is -2.03. The molecular weight excluding hydrogens is 370 g/mol. The maximum absolute atomic E-state index is 13.4. The molecule has 0 unspecified atom stereocenters. The molecule has 1 aromatic heterocycles. The zero-order valence-corrected chi connectivity index (χ0v) is 16.6. The molecular formula is C19H28F2N4O3. The Morgan fingerprint density at radius 3 is 2.68 bits per heavy atom. The van der Waals surface area contributed by atoms with E-state index in [0.29, 0.717) is 24.5 Å². The second-order valence-corrected chi connectivity index (χ2v) is 8.73. The zero-order chi connectivity index (χ0) is 20.5. The number of alkyl halides is 2. The lowest BCUT2D eigenvalue weighted by Gasteiger charge is -2.35. The van der Waals surface area contributed by atoms with Crippen LogP contribution in [0.5, 0.6) is 0 Å². The van der Waals surface area contributed by atoms with Crippen LogP contribution in [0.4, 0.5) is 14.6 Å². The van der Waals surface area contributed by atoms with Crippen LogP contribution in [-0.4, -0.2) is 64.9 Å². The molecule has 0 radical (unpaired) electrons. The maximum atomic E-state index is 13.4. The van der Waals surface area contributed by atoms with Gasteiger partial charge in [-0.25, -0.2) is 8.78 Å². The van der Waals surface area contributed by atoms with Crippen molar-refractivity contribution in [1.29, 1.82) is 0 Å². The first-order valence-electron chi connectivity index (χ1n) is 9.73. The lowest BCUT2D eigenvalue weighted by atomic mass is 9.93. The second-order valence-electron chi connectivity index (χ2n) is 8.73. The molecule has 9 heteroatoms. The van der Waals surface area contributed by atoms with Crippen molar-refractivity contribution in [3.63, 3.8) is 0 Å². The van der Waals surface area contributed by atoms with E-state index in [1.54, 1.807) is 6.07 Å². The lowest BCUT2D eigenvalue weighted by Crippen LogP contribution is -2.52. The van der Waals surface area contributed by atoms with Crippen LogP contribution in [0.2, 0.25) is 0 Å². The molecule has 0 bridgehead atoms. The van der Waals surface area contributed by atoms with Gasteiger partial charge >= 0.3 is 0 Å². The molecule has 2 saturated heterocycles. The van der Waals surface area contributed by atoms with Crippen LogP contribution in [0.3, 0.4) is 0 Å². The summed E-state index contributed by atoms with van der Waals surface area (Å²) < 4.78 is 32.0. The molecule has 2 fully saturated rings. The molecule has 156 valence electrons. The molecule has 0 saturated carbocycles. The predicted octanol–water partition coefficient (Wildman–Crippen LogP) is 2.63. The third-order valence-corrected chi connectivity index (χ3v) is 5.23. The first-order chi connectivity index (χ1) is 13.0. The van der Waals surface area contributed by atoms with E-state index in [-0.39, 0.29) is 36.7 Å². The Bertz CT molecular complexity index is 729. The number of nitrogens with one attached hydrogen (secondary N) is 1. The molecule has 0 aliphatic carbocycles. The van der Waals surface area contributed by atoms with Gasteiger partial charge in [-0.3, -0.25) is 14.5 Å². The summed E-state index contributed by atoms with van der Waals surface area (Å²) in [6, 6.07) is 1.05. The van der Waals surface area contributed by atoms with Gasteiger partial charge in [0.25, 0.3) is 5.92 Å². The van der Waals surface area contributed by atoms with Gasteiger partial charge in [0.15, 0.2) is 5.82 Å². The van der Waals surface area contributed by atoms with E-state index in [4.69, 9.17) is 4.52 Å². The number of likely N-dealkylation sites (tertiary alicyclic amines) is 2. The largest absolute Gasteiger partial charge is 0.359 e. The molecule has 3 heterocycles. The predicted molar refractivity (Wildman–Crippen MR) is 99.2 cm³/mol. The van der Waals surface area contributed by atoms with Crippen molar-refractivity contribution in [3.05, 3.63) is 11.8 Å². The highest BCUT2D eigenvalue weighted by atomic mass is 19.3. The Kier molecular flexibility index (Phi) is 5.74. The Morgan fingerprint density at radius 1 is 1.32 bits per heavy atom. The molecule has 1 atom stereocenters. The van der Waals surface area contributed by atoms with Gasteiger partial charge in [0.05, 0.1) is 13.1 Å². The third kappa shape index (κ3) is 4.87. The molecule has 2 aliphatic rings. The van der Waals surface area contributed by atoms with E-state index in [9.17, 15) is 18.4 Å². The monoisotopic (exact) mass is 398 g/mol. The maximum Gasteiger partial charge on any atom is 0.261 e. The number of amides is 2. The van der Waals surface area contributed by atoms with Crippen LogP contribution in [0.25, 0.3) is 0 Å². The molecule has 2 aliphatic heterocycles. The molecule has 0 spiro atoms. The van der Waals surface area contributed by atoms with Gasteiger partial charge in [0.2, 0.25) is 11.8 Å². The highest BCUT2D eigenvalue weighted by Gasteiger charge is 2.40. The summed E-state index contributed by atoms with van der Waals surface area (Å²) in [4.78, 5) is 28.4. The Balaban J connectivity index is 1.63. The van der Waals surface area contributed by atoms with Crippen molar-refractivity contribution in [3.8, 4) is 0 Å². The smallest absolute Gasteiger partial charge is 0.261 e. The van der Waals surface area contributed by atoms with E-state index in [1.165, 1.54) is 9.80 Å². The number of nitrogens with zero attached hydrogens (tertiary/aromatic N) is 3. The minimum Gasteiger partial charge on any atom is -0.359 e. The summed E-state index contributed by atoms with van der Waals surface area (Å²) in [5.74, 6) is -2.39. The van der Waals surface area contributed by atoms with Gasteiger partial charge in [-0.15, -0.1) is 0 Å². The minimum absolute atomic E-state index is 0.0858. The number of hydrogen-bond acceptors (Lipinski definition) is 5. The first-order valence-corrected chi connectivity index (χ1v) is 9.73. The summed E-state index contributed by atoms with van der Waals surface area (Å²) in [7, 11) is 0. The fraction of sp³-hybridized carbons (Fsp3) is 0.737. The van der Waals surface area contributed by atoms with Crippen molar-refractivity contribution >= 4 is 17.6 Å². The van der Waals surface area contributed by atoms with Gasteiger partial charge in [-0.05, 0) is 19.3 Å². The fourth-order valence-electron chi connectivity index (χ4n) is 3.62. The average Bonchev–Trinajstić information content (AvgIpc) is 3.21. The van der Waals surface area contributed by atoms with Crippen molar-refractivity contribution in [2.75, 3.05) is 31.5 Å². The zero-order valence-electron chi connectivity index (χ0n) is 16.6. The SMILES string of the molecule is CC(C)(C)c1cc(NC(=O)[C@@H]2CCCCN2C(=O)CN2CCC(F)(F)C2)no1. The van der Waals surface area contributed by atoms with Crippen LogP contribution in [0.15, 0.2) is 10.6 Å². The Labute approximate surface area is 163 Å². The number of carbonyl (C=O) groups excluding carboxylic acids is 2. The van der Waals surface area contributed by atoms with Crippen LogP contribution in [-0.2, 0) is 15.0 Å². The molecule has 7 nitrogen and oxygen atoms in total. The molecule has 28 heavy (non-hydrogen) atoms. The van der Waals surface area contributed by atoms with E-state index in [0.717, 1.165) is 12.8 Å². The summed E-state index contributed by atoms with van der Waals surface area (Å²) in [5.41, 5.74) is -0.236. The number of aromatic nitrogens is 1. The standard InChI is InChI=1S/C19H28F2N4O3/c1-18(2,3)14-10-15(23-28-14)22-17(27)13-6-4-5-8-25(13)16(26)11-24-9-7-19(20,21)12-24/h10,13H,4-9,11-12H2,1-3H3,(H,22,23,27)/t13-/m0/s1. The van der Waals surface area contributed by atoms with Gasteiger partial charge in [0.1, 0.15) is 11.8 Å². The Morgan fingerprint density at radius 2 is 2.07 bits per heavy atom. The lowest BCUT2D eigenvalue weighted by molar-refractivity contribution is -0.141. The first kappa shape index (κ1) is 20.7. The number of halogens is 2. The van der Waals surface area contributed by atoms with Crippen molar-refractivity contribution in [2.24, 2.45) is 0 Å². The number of carbonyl (C=O) groups is 2. The quantitative estimate of drug-likeness (QED) is 0.844. The fourth-order valence-corrected chi connectivity index (χ4v) is 3.62. The van der Waals surface area contributed by atoms with Gasteiger partial charge in [-0.2, -0.15) is 0 Å². The molecule has 3 rings (SSSR count). The summed E-state index contributed by atoms with van der Waals surface area (Å²) in [6.07, 6.45) is 1.93. The van der Waals surface area contributed by atoms with E-state index in [2.05, 4.69) is 10.5 Å². The minimum atomic E-state index is -2.74. The molecule has 1 N–H and O–H groups in total. The van der Waals surface area contributed by atoms with Crippen molar-refractivity contribution < 1.29 is 22.9 Å². The van der Waals surface area contributed by atoms with Gasteiger partial charge < -0.3 is 14.7 Å². The highest BCUT2D eigenvalue weighted by molar-refractivity contribution is 5.96. The molecule has 1 aromatic rings. The van der Waals surface area contributed by atoms with Crippen molar-refractivity contribution in [1.82, 2.24) is 15.0 Å². The van der Waals surface area contributed by atoms with Crippen LogP contribution < -0.4 is 5.32 Å². The number of anilines is 1. The summed E-state index contributed by atoms with van der Waals surface area (Å²) in [6.45, 7) is 6.08. The van der Waals surface area contributed by atoms with Gasteiger partial charge in [0, 0.05) is 31.0 Å². The normalized spacial score (nSPS) is 23.0. The number of hydrogen-bond donors (Lipinski definition) is 1. The van der Waals surface area contributed by atoms with Crippen LogP contribution in [0.1, 0.15) is 52.2 Å². The second kappa shape index (κ2) is 7.77. The van der Waals surface area contributed by atoms with Crippen LogP contribution >= 0.6 is 0 Å². The summed E-state index contributed by atoms with van der Waals surface area (Å²) >= 11 is 0. The summed E-state index contributed by atoms with van der Waals surface area (Å²) in [5, 5.41) is 6.61. The highest BCUT2D eigenvalue weighted by Crippen LogP contribution is 2.28. The van der Waals surface area contributed by atoms with Crippen LogP contribution in [0, 0.1) is 0 Å². The molecule has 0 aromatic carbocycles. The number of piperidine rings is 1. The average molecular weight is 398 g/mol. The van der Waals surface area contributed by atoms with E-state index < -0.39 is 18.5 Å². The third-order valence-electron chi connectivity index (χ3n) is 5.23. The van der Waals surface area contributed by atoms with E-state index >= 15 is 0 Å². The number of rotatable bonds is 4.